The number of likely N-dealkylation sites (N-methyl/N-ethyl adjacent to an activating group) is 1. The third kappa shape index (κ3) is 2.20. The third-order valence-electron chi connectivity index (χ3n) is 4.02. The summed E-state index contributed by atoms with van der Waals surface area (Å²) in [6, 6.07) is 15.6. The first kappa shape index (κ1) is 13.2. The molecule has 3 aromatic rings. The van der Waals surface area contributed by atoms with Crippen molar-refractivity contribution in [3.63, 3.8) is 0 Å². The molecular formula is C18H22N2. The molecule has 0 N–H and O–H groups in total. The topological polar surface area (TPSA) is 8.17 Å². The standard InChI is InChI=1S/C18H22N2/c1-4-14-9-10-18-16(13-14)15-7-5-6-8-17(15)20(18)12-11-19(2)3/h5-10,13H,4,11-12H2,1-3H3. The molecule has 0 spiro atoms. The van der Waals surface area contributed by atoms with Crippen molar-refractivity contribution in [3.8, 4) is 0 Å². The van der Waals surface area contributed by atoms with E-state index in [-0.39, 0.29) is 0 Å². The molecule has 0 saturated heterocycles. The zero-order valence-electron chi connectivity index (χ0n) is 12.6. The molecule has 1 heterocycles. The second kappa shape index (κ2) is 5.29. The number of nitrogens with zero attached hydrogens (tertiary/aromatic N) is 2. The second-order valence-corrected chi connectivity index (χ2v) is 5.68. The van der Waals surface area contributed by atoms with E-state index in [0.717, 1.165) is 19.5 Å². The van der Waals surface area contributed by atoms with Crippen LogP contribution < -0.4 is 0 Å². The van der Waals surface area contributed by atoms with Gasteiger partial charge in [-0.3, -0.25) is 0 Å². The average Bonchev–Trinajstić information content (AvgIpc) is 2.78. The van der Waals surface area contributed by atoms with Gasteiger partial charge in [0.2, 0.25) is 0 Å². The summed E-state index contributed by atoms with van der Waals surface area (Å²) in [6.07, 6.45) is 1.09. The third-order valence-corrected chi connectivity index (χ3v) is 4.02. The summed E-state index contributed by atoms with van der Waals surface area (Å²) in [5.41, 5.74) is 4.11. The van der Waals surface area contributed by atoms with Gasteiger partial charge < -0.3 is 9.47 Å². The summed E-state index contributed by atoms with van der Waals surface area (Å²) in [5, 5.41) is 2.76. The van der Waals surface area contributed by atoms with Gasteiger partial charge in [-0.1, -0.05) is 31.2 Å². The number of hydrogen-bond acceptors (Lipinski definition) is 1. The van der Waals surface area contributed by atoms with E-state index < -0.39 is 0 Å². The second-order valence-electron chi connectivity index (χ2n) is 5.68. The van der Waals surface area contributed by atoms with Crippen LogP contribution in [0.1, 0.15) is 12.5 Å². The van der Waals surface area contributed by atoms with Gasteiger partial charge in [-0.25, -0.2) is 0 Å². The number of aromatic nitrogens is 1. The highest BCUT2D eigenvalue weighted by atomic mass is 15.1. The van der Waals surface area contributed by atoms with Crippen LogP contribution in [0.2, 0.25) is 0 Å². The van der Waals surface area contributed by atoms with Crippen LogP contribution in [0, 0.1) is 0 Å². The Balaban J connectivity index is 2.24. The lowest BCUT2D eigenvalue weighted by Gasteiger charge is -2.12. The summed E-state index contributed by atoms with van der Waals surface area (Å²) in [5.74, 6) is 0. The van der Waals surface area contributed by atoms with Crippen LogP contribution in [0.15, 0.2) is 42.5 Å². The van der Waals surface area contributed by atoms with Crippen LogP contribution in [0.4, 0.5) is 0 Å². The Morgan fingerprint density at radius 3 is 2.45 bits per heavy atom. The SMILES string of the molecule is CCc1ccc2c(c1)c1ccccc1n2CCN(C)C. The molecule has 0 aliphatic carbocycles. The molecule has 0 aliphatic rings. The van der Waals surface area contributed by atoms with Gasteiger partial charge in [0.25, 0.3) is 0 Å². The number of benzene rings is 2. The number of aryl methyl sites for hydroxylation is 1. The molecule has 104 valence electrons. The minimum absolute atomic E-state index is 1.03. The number of rotatable bonds is 4. The summed E-state index contributed by atoms with van der Waals surface area (Å²) in [4.78, 5) is 2.24. The van der Waals surface area contributed by atoms with Crippen molar-refractivity contribution < 1.29 is 0 Å². The van der Waals surface area contributed by atoms with E-state index >= 15 is 0 Å². The van der Waals surface area contributed by atoms with Crippen molar-refractivity contribution >= 4 is 21.8 Å². The van der Waals surface area contributed by atoms with Gasteiger partial charge in [0.1, 0.15) is 0 Å². The molecule has 2 nitrogen and oxygen atoms in total. The Labute approximate surface area is 120 Å². The molecule has 0 amide bonds. The quantitative estimate of drug-likeness (QED) is 0.695. The van der Waals surface area contributed by atoms with Crippen molar-refractivity contribution in [3.05, 3.63) is 48.0 Å². The Kier molecular flexibility index (Phi) is 3.49. The fourth-order valence-electron chi connectivity index (χ4n) is 2.86. The summed E-state index contributed by atoms with van der Waals surface area (Å²) in [7, 11) is 4.26. The Morgan fingerprint density at radius 1 is 0.950 bits per heavy atom. The zero-order valence-corrected chi connectivity index (χ0v) is 12.6. The average molecular weight is 266 g/mol. The molecule has 2 aromatic carbocycles. The van der Waals surface area contributed by atoms with E-state index in [4.69, 9.17) is 0 Å². The maximum Gasteiger partial charge on any atom is 0.0492 e. The van der Waals surface area contributed by atoms with Crippen LogP contribution in [0.5, 0.6) is 0 Å². The largest absolute Gasteiger partial charge is 0.339 e. The van der Waals surface area contributed by atoms with Gasteiger partial charge in [-0.05, 0) is 44.3 Å². The van der Waals surface area contributed by atoms with Crippen LogP contribution in [0.3, 0.4) is 0 Å². The fourth-order valence-corrected chi connectivity index (χ4v) is 2.86. The maximum atomic E-state index is 2.45. The molecule has 0 unspecified atom stereocenters. The van der Waals surface area contributed by atoms with Gasteiger partial charge in [0.15, 0.2) is 0 Å². The van der Waals surface area contributed by atoms with E-state index in [2.05, 4.69) is 73.0 Å². The summed E-state index contributed by atoms with van der Waals surface area (Å²) >= 11 is 0. The highest BCUT2D eigenvalue weighted by molar-refractivity contribution is 6.08. The first-order valence-electron chi connectivity index (χ1n) is 7.35. The van der Waals surface area contributed by atoms with E-state index in [1.807, 2.05) is 0 Å². The van der Waals surface area contributed by atoms with Gasteiger partial charge in [-0.2, -0.15) is 0 Å². The highest BCUT2D eigenvalue weighted by Crippen LogP contribution is 2.29. The lowest BCUT2D eigenvalue weighted by atomic mass is 10.1. The van der Waals surface area contributed by atoms with Crippen molar-refractivity contribution in [1.82, 2.24) is 9.47 Å². The first-order valence-corrected chi connectivity index (χ1v) is 7.35. The highest BCUT2D eigenvalue weighted by Gasteiger charge is 2.10. The van der Waals surface area contributed by atoms with E-state index in [9.17, 15) is 0 Å². The molecule has 0 atom stereocenters. The molecule has 0 radical (unpaired) electrons. The molecule has 0 saturated carbocycles. The Bertz CT molecular complexity index is 738. The monoisotopic (exact) mass is 266 g/mol. The van der Waals surface area contributed by atoms with E-state index in [1.54, 1.807) is 0 Å². The Morgan fingerprint density at radius 2 is 1.70 bits per heavy atom. The van der Waals surface area contributed by atoms with E-state index in [1.165, 1.54) is 27.4 Å². The predicted octanol–water partition coefficient (Wildman–Crippen LogP) is 3.92. The Hall–Kier alpha value is -1.80. The number of hydrogen-bond donors (Lipinski definition) is 0. The van der Waals surface area contributed by atoms with Crippen LogP contribution >= 0.6 is 0 Å². The lowest BCUT2D eigenvalue weighted by Crippen LogP contribution is -2.18. The predicted molar refractivity (Wildman–Crippen MR) is 87.4 cm³/mol. The molecule has 0 fully saturated rings. The maximum absolute atomic E-state index is 2.45. The van der Waals surface area contributed by atoms with Crippen LogP contribution in [-0.2, 0) is 13.0 Å². The first-order chi connectivity index (χ1) is 9.70. The van der Waals surface area contributed by atoms with Gasteiger partial charge in [-0.15, -0.1) is 0 Å². The smallest absolute Gasteiger partial charge is 0.0492 e. The summed E-state index contributed by atoms with van der Waals surface area (Å²) in [6.45, 7) is 4.30. The molecule has 2 heteroatoms. The number of para-hydroxylation sites is 1. The normalized spacial score (nSPS) is 11.8. The number of fused-ring (bicyclic) bond motifs is 3. The lowest BCUT2D eigenvalue weighted by molar-refractivity contribution is 0.389. The molecular weight excluding hydrogens is 244 g/mol. The molecule has 20 heavy (non-hydrogen) atoms. The van der Waals surface area contributed by atoms with Crippen molar-refractivity contribution in [2.75, 3.05) is 20.6 Å². The fraction of sp³-hybridized carbons (Fsp3) is 0.333. The van der Waals surface area contributed by atoms with Gasteiger partial charge in [0.05, 0.1) is 0 Å². The van der Waals surface area contributed by atoms with Crippen molar-refractivity contribution in [2.24, 2.45) is 0 Å². The summed E-state index contributed by atoms with van der Waals surface area (Å²) < 4.78 is 2.45. The van der Waals surface area contributed by atoms with Crippen LogP contribution in [-0.4, -0.2) is 30.1 Å². The molecule has 0 aliphatic heterocycles. The van der Waals surface area contributed by atoms with Gasteiger partial charge in [0, 0.05) is 34.9 Å². The van der Waals surface area contributed by atoms with E-state index in [0.29, 0.717) is 0 Å². The molecule has 1 aromatic heterocycles. The van der Waals surface area contributed by atoms with Crippen LogP contribution in [0.25, 0.3) is 21.8 Å². The van der Waals surface area contributed by atoms with Crippen molar-refractivity contribution in [2.45, 2.75) is 19.9 Å². The minimum Gasteiger partial charge on any atom is -0.339 e. The minimum atomic E-state index is 1.03. The zero-order chi connectivity index (χ0) is 14.1. The van der Waals surface area contributed by atoms with Gasteiger partial charge >= 0.3 is 0 Å². The molecule has 3 rings (SSSR count). The molecule has 0 bridgehead atoms. The van der Waals surface area contributed by atoms with Crippen molar-refractivity contribution in [1.29, 1.82) is 0 Å².